The van der Waals surface area contributed by atoms with Gasteiger partial charge in [0.2, 0.25) is 0 Å². The standard InChI is InChI=1S/C10H16N2O2/c1-2-14-10-4-3-8(11)7-9(10)12-5-6-13/h3-4,7,12-13H,2,5-6,11H2,1H3. The first-order valence-corrected chi connectivity index (χ1v) is 4.65. The van der Waals surface area contributed by atoms with Crippen molar-refractivity contribution in [2.24, 2.45) is 0 Å². The summed E-state index contributed by atoms with van der Waals surface area (Å²) in [5, 5.41) is 11.7. The molecule has 4 N–H and O–H groups in total. The Hall–Kier alpha value is -1.42. The van der Waals surface area contributed by atoms with Crippen LogP contribution in [0.15, 0.2) is 18.2 Å². The number of nitrogens with two attached hydrogens (primary N) is 1. The van der Waals surface area contributed by atoms with Gasteiger partial charge in [-0.2, -0.15) is 0 Å². The second-order valence-corrected chi connectivity index (χ2v) is 2.84. The fourth-order valence-corrected chi connectivity index (χ4v) is 1.16. The Morgan fingerprint density at radius 3 is 2.93 bits per heavy atom. The molecule has 14 heavy (non-hydrogen) atoms. The number of aliphatic hydroxyl groups is 1. The summed E-state index contributed by atoms with van der Waals surface area (Å²) in [6, 6.07) is 5.40. The summed E-state index contributed by atoms with van der Waals surface area (Å²) in [6.07, 6.45) is 0. The summed E-state index contributed by atoms with van der Waals surface area (Å²) in [5.41, 5.74) is 7.13. The van der Waals surface area contributed by atoms with Crippen molar-refractivity contribution in [1.29, 1.82) is 0 Å². The van der Waals surface area contributed by atoms with Crippen LogP contribution in [0.25, 0.3) is 0 Å². The first kappa shape index (κ1) is 10.7. The lowest BCUT2D eigenvalue weighted by Gasteiger charge is -2.12. The van der Waals surface area contributed by atoms with Crippen molar-refractivity contribution < 1.29 is 9.84 Å². The van der Waals surface area contributed by atoms with Gasteiger partial charge in [-0.05, 0) is 25.1 Å². The van der Waals surface area contributed by atoms with E-state index in [-0.39, 0.29) is 6.61 Å². The zero-order valence-corrected chi connectivity index (χ0v) is 8.29. The van der Waals surface area contributed by atoms with E-state index in [2.05, 4.69) is 5.32 Å². The highest BCUT2D eigenvalue weighted by Crippen LogP contribution is 2.26. The fourth-order valence-electron chi connectivity index (χ4n) is 1.16. The molecule has 0 atom stereocenters. The van der Waals surface area contributed by atoms with Gasteiger partial charge in [-0.15, -0.1) is 0 Å². The minimum absolute atomic E-state index is 0.0837. The van der Waals surface area contributed by atoms with Crippen molar-refractivity contribution >= 4 is 11.4 Å². The van der Waals surface area contributed by atoms with Crippen molar-refractivity contribution in [2.45, 2.75) is 6.92 Å². The average molecular weight is 196 g/mol. The maximum Gasteiger partial charge on any atom is 0.142 e. The van der Waals surface area contributed by atoms with E-state index in [4.69, 9.17) is 15.6 Å². The molecule has 1 aromatic carbocycles. The molecule has 0 radical (unpaired) electrons. The van der Waals surface area contributed by atoms with Crippen molar-refractivity contribution in [1.82, 2.24) is 0 Å². The highest BCUT2D eigenvalue weighted by atomic mass is 16.5. The van der Waals surface area contributed by atoms with Gasteiger partial charge in [0.15, 0.2) is 0 Å². The Labute approximate surface area is 83.7 Å². The summed E-state index contributed by atoms with van der Waals surface area (Å²) < 4.78 is 5.39. The highest BCUT2D eigenvalue weighted by Gasteiger charge is 2.02. The number of rotatable bonds is 5. The first-order valence-electron chi connectivity index (χ1n) is 4.65. The number of benzene rings is 1. The number of hydrogen-bond donors (Lipinski definition) is 3. The van der Waals surface area contributed by atoms with Gasteiger partial charge in [0.05, 0.1) is 18.9 Å². The van der Waals surface area contributed by atoms with E-state index in [1.807, 2.05) is 13.0 Å². The molecular formula is C10H16N2O2. The molecule has 1 aromatic rings. The molecule has 78 valence electrons. The summed E-state index contributed by atoms with van der Waals surface area (Å²) in [6.45, 7) is 3.10. The molecule has 4 nitrogen and oxygen atoms in total. The Balaban J connectivity index is 2.79. The van der Waals surface area contributed by atoms with Crippen LogP contribution >= 0.6 is 0 Å². The summed E-state index contributed by atoms with van der Waals surface area (Å²) >= 11 is 0. The van der Waals surface area contributed by atoms with E-state index in [9.17, 15) is 0 Å². The van der Waals surface area contributed by atoms with E-state index in [1.54, 1.807) is 12.1 Å². The highest BCUT2D eigenvalue weighted by molar-refractivity contribution is 5.63. The van der Waals surface area contributed by atoms with Gasteiger partial charge in [-0.25, -0.2) is 0 Å². The largest absolute Gasteiger partial charge is 0.492 e. The number of ether oxygens (including phenoxy) is 1. The van der Waals surface area contributed by atoms with Crippen LogP contribution in [-0.2, 0) is 0 Å². The number of nitrogen functional groups attached to an aromatic ring is 1. The third-order valence-electron chi connectivity index (χ3n) is 1.73. The van der Waals surface area contributed by atoms with E-state index in [0.717, 1.165) is 11.4 Å². The van der Waals surface area contributed by atoms with Gasteiger partial charge in [0.25, 0.3) is 0 Å². The van der Waals surface area contributed by atoms with Gasteiger partial charge < -0.3 is 20.9 Å². The minimum atomic E-state index is 0.0837. The molecule has 0 unspecified atom stereocenters. The van der Waals surface area contributed by atoms with Gasteiger partial charge in [0.1, 0.15) is 5.75 Å². The molecule has 0 saturated carbocycles. The molecule has 4 heteroatoms. The Morgan fingerprint density at radius 1 is 1.50 bits per heavy atom. The number of anilines is 2. The first-order chi connectivity index (χ1) is 6.77. The maximum absolute atomic E-state index is 8.68. The molecule has 0 heterocycles. The predicted octanol–water partition coefficient (Wildman–Crippen LogP) is 1.07. The second kappa shape index (κ2) is 5.34. The molecule has 0 amide bonds. The fraction of sp³-hybridized carbons (Fsp3) is 0.400. The number of nitrogens with one attached hydrogen (secondary N) is 1. The molecular weight excluding hydrogens is 180 g/mol. The molecule has 0 fully saturated rings. The Bertz CT molecular complexity index is 289. The van der Waals surface area contributed by atoms with Crippen LogP contribution in [0.2, 0.25) is 0 Å². The third kappa shape index (κ3) is 2.81. The SMILES string of the molecule is CCOc1ccc(N)cc1NCCO. The predicted molar refractivity (Wildman–Crippen MR) is 57.6 cm³/mol. The molecule has 1 rings (SSSR count). The number of hydrogen-bond acceptors (Lipinski definition) is 4. The lowest BCUT2D eigenvalue weighted by molar-refractivity contribution is 0.310. The number of aliphatic hydroxyl groups excluding tert-OH is 1. The lowest BCUT2D eigenvalue weighted by Crippen LogP contribution is -2.07. The van der Waals surface area contributed by atoms with Crippen molar-refractivity contribution in [3.63, 3.8) is 0 Å². The molecule has 0 aromatic heterocycles. The summed E-state index contributed by atoms with van der Waals surface area (Å²) in [4.78, 5) is 0. The second-order valence-electron chi connectivity index (χ2n) is 2.84. The molecule has 0 aliphatic heterocycles. The summed E-state index contributed by atoms with van der Waals surface area (Å²) in [5.74, 6) is 0.759. The van der Waals surface area contributed by atoms with Crippen LogP contribution in [0.5, 0.6) is 5.75 Å². The maximum atomic E-state index is 8.68. The van der Waals surface area contributed by atoms with Crippen LogP contribution in [0.3, 0.4) is 0 Å². The van der Waals surface area contributed by atoms with Crippen LogP contribution in [-0.4, -0.2) is 24.9 Å². The average Bonchev–Trinajstić information content (AvgIpc) is 2.18. The molecule has 0 saturated heterocycles. The van der Waals surface area contributed by atoms with E-state index < -0.39 is 0 Å². The monoisotopic (exact) mass is 196 g/mol. The molecule has 0 aliphatic rings. The van der Waals surface area contributed by atoms with Gasteiger partial charge in [-0.3, -0.25) is 0 Å². The zero-order valence-electron chi connectivity index (χ0n) is 8.29. The lowest BCUT2D eigenvalue weighted by atomic mass is 10.2. The van der Waals surface area contributed by atoms with Crippen molar-refractivity contribution in [2.75, 3.05) is 30.8 Å². The van der Waals surface area contributed by atoms with E-state index in [1.165, 1.54) is 0 Å². The van der Waals surface area contributed by atoms with E-state index in [0.29, 0.717) is 18.8 Å². The van der Waals surface area contributed by atoms with Gasteiger partial charge in [-0.1, -0.05) is 0 Å². The Kier molecular flexibility index (Phi) is 4.07. The van der Waals surface area contributed by atoms with Crippen molar-refractivity contribution in [3.8, 4) is 5.75 Å². The van der Waals surface area contributed by atoms with Crippen LogP contribution < -0.4 is 15.8 Å². The van der Waals surface area contributed by atoms with Crippen LogP contribution in [0.1, 0.15) is 6.92 Å². The third-order valence-corrected chi connectivity index (χ3v) is 1.73. The van der Waals surface area contributed by atoms with Gasteiger partial charge in [0, 0.05) is 12.2 Å². The topological polar surface area (TPSA) is 67.5 Å². The van der Waals surface area contributed by atoms with Gasteiger partial charge >= 0.3 is 0 Å². The van der Waals surface area contributed by atoms with Crippen LogP contribution in [0.4, 0.5) is 11.4 Å². The smallest absolute Gasteiger partial charge is 0.142 e. The molecule has 0 spiro atoms. The van der Waals surface area contributed by atoms with E-state index >= 15 is 0 Å². The van der Waals surface area contributed by atoms with Crippen LogP contribution in [0, 0.1) is 0 Å². The summed E-state index contributed by atoms with van der Waals surface area (Å²) in [7, 11) is 0. The minimum Gasteiger partial charge on any atom is -0.492 e. The molecule has 0 aliphatic carbocycles. The zero-order chi connectivity index (χ0) is 10.4. The molecule has 0 bridgehead atoms. The van der Waals surface area contributed by atoms with Crippen molar-refractivity contribution in [3.05, 3.63) is 18.2 Å². The Morgan fingerprint density at radius 2 is 2.29 bits per heavy atom. The quantitative estimate of drug-likeness (QED) is 0.616. The normalized spacial score (nSPS) is 9.86.